The monoisotopic (exact) mass is 270 g/mol. The molecule has 0 fully saturated rings. The van der Waals surface area contributed by atoms with E-state index in [-0.39, 0.29) is 11.9 Å². The summed E-state index contributed by atoms with van der Waals surface area (Å²) in [7, 11) is 1.64. The lowest BCUT2D eigenvalue weighted by atomic mass is 9.98. The topological polar surface area (TPSA) is 35.5 Å². The molecule has 0 saturated carbocycles. The van der Waals surface area contributed by atoms with E-state index in [1.807, 2.05) is 43.3 Å². The van der Waals surface area contributed by atoms with Gasteiger partial charge in [0.1, 0.15) is 5.75 Å². The molecule has 0 spiro atoms. The zero-order chi connectivity index (χ0) is 14.7. The average molecular weight is 270 g/mol. The second-order valence-electron chi connectivity index (χ2n) is 4.82. The van der Waals surface area contributed by atoms with Crippen LogP contribution >= 0.6 is 0 Å². The Balaban J connectivity index is 2.31. The molecular formula is C17H18O3. The van der Waals surface area contributed by atoms with E-state index < -0.39 is 0 Å². The van der Waals surface area contributed by atoms with Crippen molar-refractivity contribution in [2.45, 2.75) is 19.8 Å². The minimum Gasteiger partial charge on any atom is -0.497 e. The molecule has 0 aromatic heterocycles. The molecule has 0 aliphatic carbocycles. The number of esters is 1. The van der Waals surface area contributed by atoms with Crippen LogP contribution in [-0.4, -0.2) is 13.1 Å². The summed E-state index contributed by atoms with van der Waals surface area (Å²) >= 11 is 0. The molecule has 1 atom stereocenters. The molecule has 0 amide bonds. The number of ether oxygens (including phenoxy) is 2. The second-order valence-corrected chi connectivity index (χ2v) is 4.82. The van der Waals surface area contributed by atoms with Crippen LogP contribution in [0.15, 0.2) is 48.7 Å². The third kappa shape index (κ3) is 2.99. The quantitative estimate of drug-likeness (QED) is 0.621. The van der Waals surface area contributed by atoms with Crippen LogP contribution in [0, 0.1) is 0 Å². The average Bonchev–Trinajstić information content (AvgIpc) is 2.44. The van der Waals surface area contributed by atoms with Crippen LogP contribution in [0.4, 0.5) is 0 Å². The molecule has 3 nitrogen and oxygen atoms in total. The molecule has 20 heavy (non-hydrogen) atoms. The Bertz CT molecular complexity index is 658. The van der Waals surface area contributed by atoms with Crippen molar-refractivity contribution in [3.8, 4) is 5.75 Å². The van der Waals surface area contributed by atoms with E-state index in [1.54, 1.807) is 14.0 Å². The van der Waals surface area contributed by atoms with Gasteiger partial charge in [-0.1, -0.05) is 30.8 Å². The number of fused-ring (bicyclic) bond motifs is 1. The highest BCUT2D eigenvalue weighted by Crippen LogP contribution is 2.26. The van der Waals surface area contributed by atoms with Gasteiger partial charge in [0.2, 0.25) is 0 Å². The molecule has 0 N–H and O–H groups in total. The number of rotatable bonds is 4. The summed E-state index contributed by atoms with van der Waals surface area (Å²) in [4.78, 5) is 11.9. The van der Waals surface area contributed by atoms with Crippen molar-refractivity contribution < 1.29 is 14.3 Å². The predicted octanol–water partition coefficient (Wildman–Crippen LogP) is 4.03. The number of benzene rings is 2. The third-order valence-corrected chi connectivity index (χ3v) is 3.20. The molecule has 0 aliphatic heterocycles. The van der Waals surface area contributed by atoms with Gasteiger partial charge in [0, 0.05) is 0 Å². The summed E-state index contributed by atoms with van der Waals surface area (Å²) in [5, 5.41) is 2.15. The molecular weight excluding hydrogens is 252 g/mol. The summed E-state index contributed by atoms with van der Waals surface area (Å²) in [6.07, 6.45) is 0. The van der Waals surface area contributed by atoms with Gasteiger partial charge < -0.3 is 9.47 Å². The second kappa shape index (κ2) is 5.78. The van der Waals surface area contributed by atoms with E-state index in [0.717, 1.165) is 22.1 Å². The third-order valence-electron chi connectivity index (χ3n) is 3.20. The first-order valence-electron chi connectivity index (χ1n) is 6.46. The lowest BCUT2D eigenvalue weighted by Crippen LogP contribution is -2.11. The van der Waals surface area contributed by atoms with Crippen molar-refractivity contribution in [1.82, 2.24) is 0 Å². The summed E-state index contributed by atoms with van der Waals surface area (Å²) in [5.74, 6) is 0.621. The highest BCUT2D eigenvalue weighted by atomic mass is 16.5. The first-order valence-corrected chi connectivity index (χ1v) is 6.46. The molecule has 0 heterocycles. The van der Waals surface area contributed by atoms with E-state index >= 15 is 0 Å². The van der Waals surface area contributed by atoms with Crippen LogP contribution in [0.3, 0.4) is 0 Å². The van der Waals surface area contributed by atoms with Crippen LogP contribution < -0.4 is 4.74 Å². The highest BCUT2D eigenvalue weighted by molar-refractivity contribution is 5.87. The van der Waals surface area contributed by atoms with Gasteiger partial charge in [0.05, 0.1) is 18.8 Å². The molecule has 0 aliphatic rings. The maximum absolute atomic E-state index is 11.9. The molecule has 2 aromatic rings. The van der Waals surface area contributed by atoms with Crippen LogP contribution in [-0.2, 0) is 9.53 Å². The van der Waals surface area contributed by atoms with Crippen LogP contribution in [0.1, 0.15) is 25.3 Å². The van der Waals surface area contributed by atoms with Crippen molar-refractivity contribution in [2.24, 2.45) is 0 Å². The molecule has 1 unspecified atom stereocenters. The Morgan fingerprint density at radius 1 is 1.15 bits per heavy atom. The maximum Gasteiger partial charge on any atom is 0.318 e. The van der Waals surface area contributed by atoms with Gasteiger partial charge in [-0.05, 0) is 42.3 Å². The lowest BCUT2D eigenvalue weighted by molar-refractivity contribution is -0.140. The van der Waals surface area contributed by atoms with Crippen molar-refractivity contribution in [2.75, 3.05) is 7.11 Å². The van der Waals surface area contributed by atoms with E-state index in [9.17, 15) is 4.79 Å². The summed E-state index contributed by atoms with van der Waals surface area (Å²) in [5.41, 5.74) is 0.925. The van der Waals surface area contributed by atoms with E-state index in [0.29, 0.717) is 5.76 Å². The fourth-order valence-electron chi connectivity index (χ4n) is 2.03. The predicted molar refractivity (Wildman–Crippen MR) is 79.8 cm³/mol. The normalized spacial score (nSPS) is 11.9. The Morgan fingerprint density at radius 2 is 1.80 bits per heavy atom. The Labute approximate surface area is 118 Å². The first-order chi connectivity index (χ1) is 9.51. The zero-order valence-electron chi connectivity index (χ0n) is 12.0. The Morgan fingerprint density at radius 3 is 2.45 bits per heavy atom. The van der Waals surface area contributed by atoms with Crippen LogP contribution in [0.2, 0.25) is 0 Å². The first kappa shape index (κ1) is 14.1. The Kier molecular flexibility index (Phi) is 4.08. The molecule has 0 radical (unpaired) electrons. The standard InChI is InChI=1S/C17H18O3/c1-11(2)20-17(18)12(3)13-5-6-15-10-16(19-4)8-7-14(15)9-13/h5-10,12H,1H2,2-4H3. The van der Waals surface area contributed by atoms with Gasteiger partial charge in [-0.15, -0.1) is 0 Å². The van der Waals surface area contributed by atoms with Crippen molar-refractivity contribution in [1.29, 1.82) is 0 Å². The van der Waals surface area contributed by atoms with Gasteiger partial charge in [-0.25, -0.2) is 0 Å². The smallest absolute Gasteiger partial charge is 0.318 e. The largest absolute Gasteiger partial charge is 0.497 e. The summed E-state index contributed by atoms with van der Waals surface area (Å²) in [6.45, 7) is 7.08. The van der Waals surface area contributed by atoms with Gasteiger partial charge >= 0.3 is 5.97 Å². The minimum atomic E-state index is -0.321. The van der Waals surface area contributed by atoms with Crippen molar-refractivity contribution >= 4 is 16.7 Å². The van der Waals surface area contributed by atoms with Crippen molar-refractivity contribution in [3.63, 3.8) is 0 Å². The van der Waals surface area contributed by atoms with Crippen LogP contribution in [0.25, 0.3) is 10.8 Å². The van der Waals surface area contributed by atoms with Crippen LogP contribution in [0.5, 0.6) is 5.75 Å². The van der Waals surface area contributed by atoms with E-state index in [2.05, 4.69) is 6.58 Å². The number of allylic oxidation sites excluding steroid dienone is 1. The van der Waals surface area contributed by atoms with Gasteiger partial charge in [-0.2, -0.15) is 0 Å². The fraction of sp³-hybridized carbons (Fsp3) is 0.235. The summed E-state index contributed by atoms with van der Waals surface area (Å²) < 4.78 is 10.3. The Hall–Kier alpha value is -2.29. The number of methoxy groups -OCH3 is 1. The molecule has 3 heteroatoms. The van der Waals surface area contributed by atoms with Gasteiger partial charge in [0.15, 0.2) is 0 Å². The zero-order valence-corrected chi connectivity index (χ0v) is 12.0. The number of hydrogen-bond donors (Lipinski definition) is 0. The van der Waals surface area contributed by atoms with Gasteiger partial charge in [-0.3, -0.25) is 4.79 Å². The molecule has 0 saturated heterocycles. The maximum atomic E-state index is 11.9. The SMILES string of the molecule is C=C(C)OC(=O)C(C)c1ccc2cc(OC)ccc2c1. The highest BCUT2D eigenvalue weighted by Gasteiger charge is 2.17. The lowest BCUT2D eigenvalue weighted by Gasteiger charge is -2.12. The van der Waals surface area contributed by atoms with E-state index in [1.165, 1.54) is 0 Å². The van der Waals surface area contributed by atoms with Gasteiger partial charge in [0.25, 0.3) is 0 Å². The minimum absolute atomic E-state index is 0.287. The van der Waals surface area contributed by atoms with Crippen molar-refractivity contribution in [3.05, 3.63) is 54.3 Å². The number of carbonyl (C=O) groups is 1. The number of hydrogen-bond acceptors (Lipinski definition) is 3. The molecule has 104 valence electrons. The fourth-order valence-corrected chi connectivity index (χ4v) is 2.03. The summed E-state index contributed by atoms with van der Waals surface area (Å²) in [6, 6.07) is 11.8. The molecule has 2 rings (SSSR count). The molecule has 2 aromatic carbocycles. The molecule has 0 bridgehead atoms. The van der Waals surface area contributed by atoms with E-state index in [4.69, 9.17) is 9.47 Å². The number of carbonyl (C=O) groups excluding carboxylic acids is 1.